The van der Waals surface area contributed by atoms with Gasteiger partial charge in [-0.3, -0.25) is 14.6 Å². The Morgan fingerprint density at radius 2 is 1.95 bits per heavy atom. The first kappa shape index (κ1) is 14.2. The number of amides is 2. The number of likely N-dealkylation sites (tertiary alicyclic amines) is 1. The van der Waals surface area contributed by atoms with Crippen LogP contribution in [0, 0.1) is 0 Å². The Bertz CT molecular complexity index is 702. The monoisotopic (exact) mass is 296 g/mol. The molecular weight excluding hydrogens is 280 g/mol. The quantitative estimate of drug-likeness (QED) is 0.935. The summed E-state index contributed by atoms with van der Waals surface area (Å²) in [5.41, 5.74) is 1.49. The van der Waals surface area contributed by atoms with Crippen LogP contribution >= 0.6 is 0 Å². The highest BCUT2D eigenvalue weighted by Gasteiger charge is 2.33. The highest BCUT2D eigenvalue weighted by atomic mass is 16.2. The van der Waals surface area contributed by atoms with Crippen molar-refractivity contribution in [3.8, 4) is 11.3 Å². The molecule has 0 aliphatic carbocycles. The van der Waals surface area contributed by atoms with Gasteiger partial charge in [-0.25, -0.2) is 4.98 Å². The molecule has 1 saturated heterocycles. The van der Waals surface area contributed by atoms with Crippen molar-refractivity contribution in [3.63, 3.8) is 0 Å². The van der Waals surface area contributed by atoms with Crippen molar-refractivity contribution in [1.82, 2.24) is 14.9 Å². The number of hydrogen-bond acceptors (Lipinski definition) is 4. The molecule has 6 nitrogen and oxygen atoms in total. The first-order valence-electron chi connectivity index (χ1n) is 7.10. The molecule has 1 aromatic heterocycles. The number of nitrogens with zero attached hydrogens (tertiary/aromatic N) is 3. The predicted octanol–water partition coefficient (Wildman–Crippen LogP) is 1.70. The third-order valence-electron chi connectivity index (χ3n) is 3.78. The molecule has 112 valence electrons. The van der Waals surface area contributed by atoms with Crippen molar-refractivity contribution in [2.75, 3.05) is 12.4 Å². The van der Waals surface area contributed by atoms with Gasteiger partial charge in [0, 0.05) is 31.4 Å². The lowest BCUT2D eigenvalue weighted by Gasteiger charge is -2.19. The third kappa shape index (κ3) is 2.67. The maximum absolute atomic E-state index is 12.4. The normalized spacial score (nSPS) is 17.6. The summed E-state index contributed by atoms with van der Waals surface area (Å²) in [7, 11) is 1.65. The Balaban J connectivity index is 1.84. The molecule has 0 unspecified atom stereocenters. The Morgan fingerprint density at radius 1 is 1.23 bits per heavy atom. The average Bonchev–Trinajstić information content (AvgIpc) is 2.88. The summed E-state index contributed by atoms with van der Waals surface area (Å²) in [6, 6.07) is 9.09. The molecule has 2 amide bonds. The zero-order valence-corrected chi connectivity index (χ0v) is 12.2. The van der Waals surface area contributed by atoms with Gasteiger partial charge in [0.05, 0.1) is 0 Å². The summed E-state index contributed by atoms with van der Waals surface area (Å²) >= 11 is 0. The number of benzene rings is 1. The lowest BCUT2D eigenvalue weighted by molar-refractivity contribution is -0.131. The lowest BCUT2D eigenvalue weighted by Crippen LogP contribution is -2.39. The number of hydrogen-bond donors (Lipinski definition) is 1. The maximum Gasteiger partial charge on any atom is 0.248 e. The van der Waals surface area contributed by atoms with E-state index in [1.165, 1.54) is 11.1 Å². The third-order valence-corrected chi connectivity index (χ3v) is 3.78. The van der Waals surface area contributed by atoms with Crippen LogP contribution in [0.3, 0.4) is 0 Å². The van der Waals surface area contributed by atoms with Crippen LogP contribution in [0.4, 0.5) is 5.82 Å². The zero-order valence-electron chi connectivity index (χ0n) is 12.2. The largest absolute Gasteiger partial charge is 0.334 e. The Morgan fingerprint density at radius 3 is 2.64 bits per heavy atom. The van der Waals surface area contributed by atoms with Crippen LogP contribution < -0.4 is 5.32 Å². The zero-order chi connectivity index (χ0) is 15.5. The molecule has 22 heavy (non-hydrogen) atoms. The molecule has 0 saturated carbocycles. The van der Waals surface area contributed by atoms with Gasteiger partial charge in [0.25, 0.3) is 0 Å². The molecule has 1 fully saturated rings. The molecule has 1 N–H and O–H groups in total. The van der Waals surface area contributed by atoms with Crippen LogP contribution in [0.25, 0.3) is 11.3 Å². The average molecular weight is 296 g/mol. The van der Waals surface area contributed by atoms with Crippen LogP contribution in [0.1, 0.15) is 12.8 Å². The van der Waals surface area contributed by atoms with Crippen molar-refractivity contribution in [3.05, 3.63) is 42.7 Å². The van der Waals surface area contributed by atoms with Gasteiger partial charge in [-0.05, 0) is 6.42 Å². The number of anilines is 1. The van der Waals surface area contributed by atoms with Gasteiger partial charge in [-0.15, -0.1) is 0 Å². The summed E-state index contributed by atoms with van der Waals surface area (Å²) in [5, 5.41) is 2.80. The summed E-state index contributed by atoms with van der Waals surface area (Å²) in [5.74, 6) is 0.167. The summed E-state index contributed by atoms with van der Waals surface area (Å²) < 4.78 is 0. The first-order chi connectivity index (χ1) is 10.7. The number of carbonyl (C=O) groups is 2. The molecule has 1 aliphatic rings. The molecule has 0 spiro atoms. The molecule has 2 aromatic rings. The van der Waals surface area contributed by atoms with Gasteiger partial charge in [0.2, 0.25) is 11.8 Å². The van der Waals surface area contributed by atoms with Crippen molar-refractivity contribution < 1.29 is 9.59 Å². The Hall–Kier alpha value is -2.76. The SMILES string of the molecule is CN1C(=O)CC[C@@H]1C(=O)Nc1nccnc1-c1ccccc1. The molecule has 3 rings (SSSR count). The molecule has 1 aliphatic heterocycles. The second-order valence-corrected chi connectivity index (χ2v) is 5.17. The molecule has 1 aromatic carbocycles. The van der Waals surface area contributed by atoms with E-state index < -0.39 is 6.04 Å². The minimum absolute atomic E-state index is 0.0115. The molecule has 1 atom stereocenters. The van der Waals surface area contributed by atoms with E-state index >= 15 is 0 Å². The van der Waals surface area contributed by atoms with E-state index in [1.807, 2.05) is 30.3 Å². The fourth-order valence-electron chi connectivity index (χ4n) is 2.55. The van der Waals surface area contributed by atoms with E-state index in [4.69, 9.17) is 0 Å². The van der Waals surface area contributed by atoms with Crippen molar-refractivity contribution >= 4 is 17.6 Å². The van der Waals surface area contributed by atoms with Crippen molar-refractivity contribution in [1.29, 1.82) is 0 Å². The minimum Gasteiger partial charge on any atom is -0.334 e. The second-order valence-electron chi connectivity index (χ2n) is 5.17. The Labute approximate surface area is 128 Å². The lowest BCUT2D eigenvalue weighted by atomic mass is 10.1. The smallest absolute Gasteiger partial charge is 0.248 e. The number of likely N-dealkylation sites (N-methyl/N-ethyl adjacent to an activating group) is 1. The fraction of sp³-hybridized carbons (Fsp3) is 0.250. The van der Waals surface area contributed by atoms with E-state index in [0.717, 1.165) is 5.56 Å². The van der Waals surface area contributed by atoms with Crippen LogP contribution in [0.15, 0.2) is 42.7 Å². The van der Waals surface area contributed by atoms with E-state index in [1.54, 1.807) is 13.2 Å². The van der Waals surface area contributed by atoms with Gasteiger partial charge >= 0.3 is 0 Å². The van der Waals surface area contributed by atoms with Crippen molar-refractivity contribution in [2.45, 2.75) is 18.9 Å². The minimum atomic E-state index is -0.446. The number of nitrogens with one attached hydrogen (secondary N) is 1. The molecule has 0 bridgehead atoms. The topological polar surface area (TPSA) is 75.2 Å². The van der Waals surface area contributed by atoms with Gasteiger partial charge in [0.1, 0.15) is 11.7 Å². The summed E-state index contributed by atoms with van der Waals surface area (Å²) in [6.45, 7) is 0. The van der Waals surface area contributed by atoms with Crippen LogP contribution in [-0.2, 0) is 9.59 Å². The van der Waals surface area contributed by atoms with Gasteiger partial charge < -0.3 is 10.2 Å². The van der Waals surface area contributed by atoms with E-state index in [2.05, 4.69) is 15.3 Å². The van der Waals surface area contributed by atoms with E-state index in [9.17, 15) is 9.59 Å². The Kier molecular flexibility index (Phi) is 3.82. The van der Waals surface area contributed by atoms with E-state index in [-0.39, 0.29) is 11.8 Å². The van der Waals surface area contributed by atoms with Crippen LogP contribution in [0.2, 0.25) is 0 Å². The highest BCUT2D eigenvalue weighted by Crippen LogP contribution is 2.24. The standard InChI is InChI=1S/C16H16N4O2/c1-20-12(7-8-13(20)21)16(22)19-15-14(17-9-10-18-15)11-5-3-2-4-6-11/h2-6,9-10,12H,7-8H2,1H3,(H,18,19,22)/t12-/m1/s1. The second kappa shape index (κ2) is 5.93. The van der Waals surface area contributed by atoms with Gasteiger partial charge in [-0.1, -0.05) is 30.3 Å². The molecule has 6 heteroatoms. The molecular formula is C16H16N4O2. The number of aromatic nitrogens is 2. The maximum atomic E-state index is 12.4. The fourth-order valence-corrected chi connectivity index (χ4v) is 2.55. The number of carbonyl (C=O) groups excluding carboxylic acids is 2. The highest BCUT2D eigenvalue weighted by molar-refractivity contribution is 6.00. The van der Waals surface area contributed by atoms with Crippen LogP contribution in [0.5, 0.6) is 0 Å². The van der Waals surface area contributed by atoms with Gasteiger partial charge in [-0.2, -0.15) is 0 Å². The van der Waals surface area contributed by atoms with Crippen LogP contribution in [-0.4, -0.2) is 39.8 Å². The first-order valence-corrected chi connectivity index (χ1v) is 7.10. The summed E-state index contributed by atoms with van der Waals surface area (Å²) in [6.07, 6.45) is 4.05. The number of rotatable bonds is 3. The molecule has 0 radical (unpaired) electrons. The molecule has 2 heterocycles. The van der Waals surface area contributed by atoms with Crippen molar-refractivity contribution in [2.24, 2.45) is 0 Å². The van der Waals surface area contributed by atoms with Gasteiger partial charge in [0.15, 0.2) is 5.82 Å². The van der Waals surface area contributed by atoms with E-state index in [0.29, 0.717) is 24.4 Å². The summed E-state index contributed by atoms with van der Waals surface area (Å²) in [4.78, 5) is 33.9. The predicted molar refractivity (Wildman–Crippen MR) is 81.9 cm³/mol.